The fourth-order valence-corrected chi connectivity index (χ4v) is 1.75. The average Bonchev–Trinajstić information content (AvgIpc) is 2.20. The van der Waals surface area contributed by atoms with Crippen molar-refractivity contribution in [2.24, 2.45) is 11.7 Å². The van der Waals surface area contributed by atoms with E-state index in [-0.39, 0.29) is 0 Å². The highest BCUT2D eigenvalue weighted by atomic mass is 14.5. The Morgan fingerprint density at radius 2 is 1.53 bits per heavy atom. The maximum Gasteiger partial charge on any atom is -0.00367 e. The van der Waals surface area contributed by atoms with Crippen molar-refractivity contribution in [3.8, 4) is 0 Å². The Morgan fingerprint density at radius 1 is 1.00 bits per heavy atom. The van der Waals surface area contributed by atoms with Crippen molar-refractivity contribution < 1.29 is 0 Å². The van der Waals surface area contributed by atoms with Gasteiger partial charge < -0.3 is 5.73 Å². The summed E-state index contributed by atoms with van der Waals surface area (Å²) in [6.07, 6.45) is 4.83. The SMILES string of the molecule is CC(C)CCCc1ccc(CCN)cc1. The lowest BCUT2D eigenvalue weighted by Gasteiger charge is -2.05. The van der Waals surface area contributed by atoms with Gasteiger partial charge in [0.05, 0.1) is 0 Å². The van der Waals surface area contributed by atoms with Crippen LogP contribution in [0, 0.1) is 5.92 Å². The van der Waals surface area contributed by atoms with Crippen molar-refractivity contribution in [3.05, 3.63) is 35.4 Å². The van der Waals surface area contributed by atoms with Crippen molar-refractivity contribution in [1.82, 2.24) is 0 Å². The summed E-state index contributed by atoms with van der Waals surface area (Å²) in [6.45, 7) is 5.31. The van der Waals surface area contributed by atoms with E-state index >= 15 is 0 Å². The molecule has 0 atom stereocenters. The van der Waals surface area contributed by atoms with Gasteiger partial charge in [0, 0.05) is 0 Å². The number of aryl methyl sites for hydroxylation is 1. The Balaban J connectivity index is 2.36. The highest BCUT2D eigenvalue weighted by Crippen LogP contribution is 2.11. The topological polar surface area (TPSA) is 26.0 Å². The number of hydrogen-bond acceptors (Lipinski definition) is 1. The first-order valence-corrected chi connectivity index (χ1v) is 6.00. The molecule has 0 fully saturated rings. The largest absolute Gasteiger partial charge is 0.330 e. The van der Waals surface area contributed by atoms with Crippen LogP contribution in [-0.4, -0.2) is 6.54 Å². The highest BCUT2D eigenvalue weighted by Gasteiger charge is 1.97. The van der Waals surface area contributed by atoms with Gasteiger partial charge in [0.2, 0.25) is 0 Å². The summed E-state index contributed by atoms with van der Waals surface area (Å²) in [5.74, 6) is 0.821. The van der Waals surface area contributed by atoms with Gasteiger partial charge in [-0.25, -0.2) is 0 Å². The van der Waals surface area contributed by atoms with Crippen LogP contribution in [-0.2, 0) is 12.8 Å². The van der Waals surface area contributed by atoms with E-state index in [0.29, 0.717) is 0 Å². The zero-order valence-corrected chi connectivity index (χ0v) is 10.00. The van der Waals surface area contributed by atoms with Gasteiger partial charge in [0.15, 0.2) is 0 Å². The fourth-order valence-electron chi connectivity index (χ4n) is 1.75. The molecule has 0 bridgehead atoms. The van der Waals surface area contributed by atoms with E-state index in [1.807, 2.05) is 0 Å². The zero-order chi connectivity index (χ0) is 11.1. The number of rotatable bonds is 6. The third-order valence-electron chi connectivity index (χ3n) is 2.70. The Kier molecular flexibility index (Phi) is 5.41. The van der Waals surface area contributed by atoms with Crippen LogP contribution in [0.4, 0.5) is 0 Å². The predicted molar refractivity (Wildman–Crippen MR) is 67.0 cm³/mol. The van der Waals surface area contributed by atoms with Crippen molar-refractivity contribution in [2.75, 3.05) is 6.54 Å². The summed E-state index contributed by atoms with van der Waals surface area (Å²) in [5.41, 5.74) is 8.32. The second-order valence-electron chi connectivity index (χ2n) is 4.64. The number of hydrogen-bond donors (Lipinski definition) is 1. The van der Waals surface area contributed by atoms with Crippen molar-refractivity contribution >= 4 is 0 Å². The Hall–Kier alpha value is -0.820. The molecule has 84 valence electrons. The second kappa shape index (κ2) is 6.62. The van der Waals surface area contributed by atoms with Gasteiger partial charge in [-0.2, -0.15) is 0 Å². The highest BCUT2D eigenvalue weighted by molar-refractivity contribution is 5.22. The Bertz CT molecular complexity index is 261. The van der Waals surface area contributed by atoms with Crippen LogP contribution in [0.25, 0.3) is 0 Å². The van der Waals surface area contributed by atoms with Crippen LogP contribution in [0.15, 0.2) is 24.3 Å². The molecule has 1 aromatic rings. The van der Waals surface area contributed by atoms with E-state index in [1.165, 1.54) is 30.4 Å². The summed E-state index contributed by atoms with van der Waals surface area (Å²) >= 11 is 0. The first-order chi connectivity index (χ1) is 7.22. The van der Waals surface area contributed by atoms with Gasteiger partial charge in [0.25, 0.3) is 0 Å². The maximum absolute atomic E-state index is 5.51. The van der Waals surface area contributed by atoms with Gasteiger partial charge in [0.1, 0.15) is 0 Å². The van der Waals surface area contributed by atoms with Gasteiger partial charge >= 0.3 is 0 Å². The smallest absolute Gasteiger partial charge is 0.00367 e. The van der Waals surface area contributed by atoms with E-state index < -0.39 is 0 Å². The Labute approximate surface area is 93.7 Å². The molecule has 0 saturated carbocycles. The van der Waals surface area contributed by atoms with Gasteiger partial charge in [-0.05, 0) is 42.9 Å². The minimum absolute atomic E-state index is 0.743. The lowest BCUT2D eigenvalue weighted by atomic mass is 10.0. The third kappa shape index (κ3) is 4.98. The molecule has 0 radical (unpaired) electrons. The number of benzene rings is 1. The van der Waals surface area contributed by atoms with Crippen LogP contribution in [0.1, 0.15) is 37.8 Å². The lowest BCUT2D eigenvalue weighted by Crippen LogP contribution is -2.02. The van der Waals surface area contributed by atoms with Crippen molar-refractivity contribution in [1.29, 1.82) is 0 Å². The average molecular weight is 205 g/mol. The van der Waals surface area contributed by atoms with E-state index in [2.05, 4.69) is 38.1 Å². The summed E-state index contributed by atoms with van der Waals surface area (Å²) in [7, 11) is 0. The van der Waals surface area contributed by atoms with E-state index in [0.717, 1.165) is 18.9 Å². The summed E-state index contributed by atoms with van der Waals surface area (Å²) in [5, 5.41) is 0. The predicted octanol–water partition coefficient (Wildman–Crippen LogP) is 3.17. The van der Waals surface area contributed by atoms with Gasteiger partial charge in [-0.15, -0.1) is 0 Å². The summed E-state index contributed by atoms with van der Waals surface area (Å²) < 4.78 is 0. The molecule has 0 unspecified atom stereocenters. The molecule has 2 N–H and O–H groups in total. The molecule has 0 aliphatic heterocycles. The van der Waals surface area contributed by atoms with Gasteiger partial charge in [-0.1, -0.05) is 44.5 Å². The van der Waals surface area contributed by atoms with Crippen LogP contribution in [0.5, 0.6) is 0 Å². The van der Waals surface area contributed by atoms with Crippen LogP contribution in [0.3, 0.4) is 0 Å². The minimum Gasteiger partial charge on any atom is -0.330 e. The molecule has 1 aromatic carbocycles. The second-order valence-corrected chi connectivity index (χ2v) is 4.64. The zero-order valence-electron chi connectivity index (χ0n) is 10.00. The minimum atomic E-state index is 0.743. The first kappa shape index (κ1) is 12.3. The summed E-state index contributed by atoms with van der Waals surface area (Å²) in [6, 6.07) is 8.89. The van der Waals surface area contributed by atoms with E-state index in [4.69, 9.17) is 5.73 Å². The van der Waals surface area contributed by atoms with Crippen LogP contribution >= 0.6 is 0 Å². The normalized spacial score (nSPS) is 10.9. The van der Waals surface area contributed by atoms with Crippen molar-refractivity contribution in [2.45, 2.75) is 39.5 Å². The third-order valence-corrected chi connectivity index (χ3v) is 2.70. The molecule has 0 spiro atoms. The molecule has 1 nitrogen and oxygen atoms in total. The quantitative estimate of drug-likeness (QED) is 0.758. The molecule has 0 aliphatic rings. The molecule has 0 aliphatic carbocycles. The van der Waals surface area contributed by atoms with Gasteiger partial charge in [-0.3, -0.25) is 0 Å². The fraction of sp³-hybridized carbons (Fsp3) is 0.571. The molecule has 0 heterocycles. The molecule has 15 heavy (non-hydrogen) atoms. The molecule has 0 saturated heterocycles. The number of nitrogens with two attached hydrogens (primary N) is 1. The molecular formula is C14H23N. The molecule has 0 aromatic heterocycles. The lowest BCUT2D eigenvalue weighted by molar-refractivity contribution is 0.556. The van der Waals surface area contributed by atoms with Crippen LogP contribution < -0.4 is 5.73 Å². The molecule has 1 rings (SSSR count). The first-order valence-electron chi connectivity index (χ1n) is 6.00. The van der Waals surface area contributed by atoms with E-state index in [9.17, 15) is 0 Å². The molecule has 1 heteroatoms. The van der Waals surface area contributed by atoms with E-state index in [1.54, 1.807) is 0 Å². The summed E-state index contributed by atoms with van der Waals surface area (Å²) in [4.78, 5) is 0. The van der Waals surface area contributed by atoms with Crippen molar-refractivity contribution in [3.63, 3.8) is 0 Å². The standard InChI is InChI=1S/C14H23N/c1-12(2)4-3-5-13-6-8-14(9-7-13)10-11-15/h6-9,12H,3-5,10-11,15H2,1-2H3. The monoisotopic (exact) mass is 205 g/mol. The van der Waals surface area contributed by atoms with Crippen LogP contribution in [0.2, 0.25) is 0 Å². The molecule has 0 amide bonds. The Morgan fingerprint density at radius 3 is 2.00 bits per heavy atom. The maximum atomic E-state index is 5.51. The molecular weight excluding hydrogens is 182 g/mol.